The normalized spacial score (nSPS) is 22.4. The molecule has 1 nitrogen and oxygen atoms in total. The molecule has 0 aromatic heterocycles. The van der Waals surface area contributed by atoms with E-state index in [-0.39, 0.29) is 17.1 Å². The Morgan fingerprint density at radius 1 is 0.929 bits per heavy atom. The van der Waals surface area contributed by atoms with Crippen molar-refractivity contribution < 1.29 is 21.9 Å². The molecule has 0 N–H and O–H groups in total. The molecule has 3 heteroatoms. The molecular weight excluding hydrogens is 331 g/mol. The van der Waals surface area contributed by atoms with E-state index in [1.54, 1.807) is 6.42 Å². The van der Waals surface area contributed by atoms with Crippen molar-refractivity contribution in [3.63, 3.8) is 0 Å². The zero-order valence-corrected chi connectivity index (χ0v) is 10.6. The van der Waals surface area contributed by atoms with Crippen LogP contribution in [0.3, 0.4) is 0 Å². The minimum absolute atomic E-state index is 0. The molecule has 14 heavy (non-hydrogen) atoms. The molecule has 0 aromatic carbocycles. The van der Waals surface area contributed by atoms with E-state index in [9.17, 15) is 4.79 Å². The molecule has 0 bridgehead atoms. The maximum Gasteiger partial charge on any atom is 0.128 e. The van der Waals surface area contributed by atoms with Crippen molar-refractivity contribution >= 4 is 28.9 Å². The van der Waals surface area contributed by atoms with Crippen molar-refractivity contribution in [3.05, 3.63) is 61.2 Å². The molecule has 2 aliphatic rings. The van der Waals surface area contributed by atoms with E-state index in [0.29, 0.717) is 0 Å². The van der Waals surface area contributed by atoms with Gasteiger partial charge >= 0.3 is 0 Å². The Bertz CT molecular complexity index is 141. The van der Waals surface area contributed by atoms with E-state index >= 15 is 0 Å². The fourth-order valence-corrected chi connectivity index (χ4v) is 1.34. The minimum atomic E-state index is 0. The van der Waals surface area contributed by atoms with E-state index < -0.39 is 0 Å². The molecule has 0 amide bonds. The van der Waals surface area contributed by atoms with Gasteiger partial charge in [-0.3, -0.25) is 0 Å². The van der Waals surface area contributed by atoms with Gasteiger partial charge in [0.1, 0.15) is 6.29 Å². The molecule has 0 unspecified atom stereocenters. The molecule has 0 aromatic rings. The van der Waals surface area contributed by atoms with Crippen LogP contribution < -0.4 is 0 Å². The summed E-state index contributed by atoms with van der Waals surface area (Å²) in [5, 5.41) is 0. The summed E-state index contributed by atoms with van der Waals surface area (Å²) in [6, 6.07) is 0. The average molecular weight is 340 g/mol. The Morgan fingerprint density at radius 3 is 1.64 bits per heavy atom. The number of hydrogen-bond donors (Lipinski definition) is 0. The van der Waals surface area contributed by atoms with E-state index in [1.165, 1.54) is 0 Å². The Morgan fingerprint density at radius 2 is 1.43 bits per heavy atom. The quantitative estimate of drug-likeness (QED) is 0.407. The summed E-state index contributed by atoms with van der Waals surface area (Å²) in [4.78, 5) is 10.1. The van der Waals surface area contributed by atoms with Crippen LogP contribution >= 0.6 is 22.6 Å². The van der Waals surface area contributed by atoms with Gasteiger partial charge in [-0.25, -0.2) is 0 Å². The van der Waals surface area contributed by atoms with Crippen LogP contribution in [-0.4, -0.2) is 6.29 Å². The summed E-state index contributed by atoms with van der Waals surface area (Å²) in [6.45, 7) is 0. The molecule has 10 radical (unpaired) electrons. The first kappa shape index (κ1) is 14.9. The SMILES string of the molecule is O=C[C]1[CH][CH][CH][C]1I.[CH]1[CH][CH][CH][CH]1.[Fe]. The smallest absolute Gasteiger partial charge is 0.128 e. The number of carbonyl (C=O) groups is 1. The Kier molecular flexibility index (Phi) is 9.77. The van der Waals surface area contributed by atoms with E-state index in [1.807, 2.05) is 44.9 Å². The first-order valence-electron chi connectivity index (χ1n) is 3.87. The first-order chi connectivity index (χ1) is 6.34. The zero-order valence-electron chi connectivity index (χ0n) is 7.34. The van der Waals surface area contributed by atoms with Crippen molar-refractivity contribution in [1.29, 1.82) is 0 Å². The van der Waals surface area contributed by atoms with Gasteiger partial charge in [-0.15, -0.1) is 0 Å². The summed E-state index contributed by atoms with van der Waals surface area (Å²) >= 11 is 2.12. The standard InChI is InChI=1S/C6H4IO.C5H5.Fe/c7-6-3-1-2-5(6)4-8;1-2-4-5-3-1;/h1-4H;1-5H;. The number of rotatable bonds is 1. The molecule has 0 atom stereocenters. The largest absolute Gasteiger partial charge is 0.303 e. The topological polar surface area (TPSA) is 17.1 Å². The van der Waals surface area contributed by atoms with Gasteiger partial charge in [0.25, 0.3) is 0 Å². The van der Waals surface area contributed by atoms with Gasteiger partial charge in [-0.1, -0.05) is 22.6 Å². The molecule has 0 spiro atoms. The van der Waals surface area contributed by atoms with Crippen LogP contribution in [0.15, 0.2) is 0 Å². The van der Waals surface area contributed by atoms with Crippen LogP contribution in [-0.2, 0) is 21.9 Å². The van der Waals surface area contributed by atoms with Crippen LogP contribution in [0.2, 0.25) is 0 Å². The summed E-state index contributed by atoms with van der Waals surface area (Å²) in [5.41, 5.74) is 0. The first-order valence-corrected chi connectivity index (χ1v) is 4.95. The summed E-state index contributed by atoms with van der Waals surface area (Å²) in [6.07, 6.45) is 16.4. The Labute approximate surface area is 111 Å². The summed E-state index contributed by atoms with van der Waals surface area (Å²) in [5.74, 6) is 0.783. The number of hydrogen-bond acceptors (Lipinski definition) is 1. The van der Waals surface area contributed by atoms with Crippen molar-refractivity contribution in [2.75, 3.05) is 0 Å². The van der Waals surface area contributed by atoms with Gasteiger partial charge in [-0.05, 0) is 51.4 Å². The second-order valence-electron chi connectivity index (χ2n) is 2.41. The van der Waals surface area contributed by atoms with Gasteiger partial charge in [0.15, 0.2) is 0 Å². The third-order valence-electron chi connectivity index (χ3n) is 1.48. The van der Waals surface area contributed by atoms with E-state index in [0.717, 1.165) is 16.1 Å². The number of aldehydes is 1. The van der Waals surface area contributed by atoms with Gasteiger partial charge in [0.2, 0.25) is 0 Å². The molecular formula is C11H9FeIO. The maximum absolute atomic E-state index is 10.1. The Balaban J connectivity index is 0.000000246. The Hall–Kier alpha value is 0.919. The van der Waals surface area contributed by atoms with Crippen molar-refractivity contribution in [3.8, 4) is 0 Å². The van der Waals surface area contributed by atoms with Crippen molar-refractivity contribution in [2.45, 2.75) is 0 Å². The van der Waals surface area contributed by atoms with Gasteiger partial charge < -0.3 is 4.79 Å². The number of halogens is 1. The summed E-state index contributed by atoms with van der Waals surface area (Å²) < 4.78 is 1.03. The number of carbonyl (C=O) groups excluding carboxylic acids is 1. The predicted molar refractivity (Wildman–Crippen MR) is 61.0 cm³/mol. The van der Waals surface area contributed by atoms with Crippen LogP contribution in [0.1, 0.15) is 0 Å². The molecule has 2 aliphatic carbocycles. The molecule has 0 heterocycles. The third-order valence-corrected chi connectivity index (χ3v) is 2.46. The van der Waals surface area contributed by atoms with Gasteiger partial charge in [0.05, 0.1) is 9.84 Å². The maximum atomic E-state index is 10.1. The van der Waals surface area contributed by atoms with Crippen LogP contribution in [0.25, 0.3) is 0 Å². The molecule has 74 valence electrons. The molecule has 0 saturated heterocycles. The second-order valence-corrected chi connectivity index (χ2v) is 3.57. The monoisotopic (exact) mass is 340 g/mol. The molecule has 2 saturated carbocycles. The molecule has 0 aliphatic heterocycles. The third kappa shape index (κ3) is 5.72. The van der Waals surface area contributed by atoms with Crippen LogP contribution in [0, 0.1) is 61.2 Å². The predicted octanol–water partition coefficient (Wildman–Crippen LogP) is 2.37. The van der Waals surface area contributed by atoms with Gasteiger partial charge in [0, 0.05) is 17.1 Å². The van der Waals surface area contributed by atoms with Gasteiger partial charge in [-0.2, -0.15) is 0 Å². The fraction of sp³-hybridized carbons (Fsp3) is 0. The zero-order chi connectivity index (χ0) is 9.52. The minimum Gasteiger partial charge on any atom is -0.303 e. The van der Waals surface area contributed by atoms with E-state index in [2.05, 4.69) is 22.6 Å². The van der Waals surface area contributed by atoms with Crippen LogP contribution in [0.4, 0.5) is 0 Å². The van der Waals surface area contributed by atoms with Crippen molar-refractivity contribution in [2.24, 2.45) is 0 Å². The van der Waals surface area contributed by atoms with Crippen LogP contribution in [0.5, 0.6) is 0 Å². The molecule has 2 fully saturated rings. The second kappa shape index (κ2) is 9.17. The summed E-state index contributed by atoms with van der Waals surface area (Å²) in [7, 11) is 0. The van der Waals surface area contributed by atoms with E-state index in [4.69, 9.17) is 0 Å². The average Bonchev–Trinajstić information content (AvgIpc) is 2.76. The van der Waals surface area contributed by atoms with Crippen molar-refractivity contribution in [1.82, 2.24) is 0 Å². The molecule has 2 rings (SSSR count). The fourth-order valence-electron chi connectivity index (χ4n) is 0.828.